The maximum atomic E-state index is 11.7. The van der Waals surface area contributed by atoms with Crippen molar-refractivity contribution in [3.8, 4) is 0 Å². The molecule has 2 aromatic rings. The highest BCUT2D eigenvalue weighted by atomic mass is 28.3. The highest BCUT2D eigenvalue weighted by Gasteiger charge is 2.29. The monoisotopic (exact) mass is 352 g/mol. The molecule has 25 heavy (non-hydrogen) atoms. The highest BCUT2D eigenvalue weighted by molar-refractivity contribution is 6.85. The topological polar surface area (TPSA) is 63.4 Å². The Morgan fingerprint density at radius 3 is 1.84 bits per heavy atom. The number of carbonyl (C=O) groups is 2. The third-order valence-electron chi connectivity index (χ3n) is 4.82. The molecule has 3 rings (SSSR count). The van der Waals surface area contributed by atoms with Crippen molar-refractivity contribution in [1.29, 1.82) is 0 Å². The smallest absolute Gasteiger partial charge is 0.229 e. The first-order valence-corrected chi connectivity index (χ1v) is 10.8. The van der Waals surface area contributed by atoms with E-state index in [1.165, 1.54) is 15.3 Å². The van der Waals surface area contributed by atoms with Crippen LogP contribution in [-0.2, 0) is 9.59 Å². The zero-order valence-electron chi connectivity index (χ0n) is 14.3. The third kappa shape index (κ3) is 4.44. The number of hydrogen-bond donors (Lipinski definition) is 1. The molecule has 0 radical (unpaired) electrons. The molecule has 2 amide bonds. The van der Waals surface area contributed by atoms with Crippen LogP contribution in [0.2, 0.25) is 6.04 Å². The summed E-state index contributed by atoms with van der Waals surface area (Å²) in [4.78, 5) is 24.8. The van der Waals surface area contributed by atoms with Gasteiger partial charge >= 0.3 is 0 Å². The minimum atomic E-state index is -1.42. The van der Waals surface area contributed by atoms with E-state index in [4.69, 9.17) is 5.73 Å². The standard InChI is InChI=1S/C20H24N2O2Si/c21-16(13-14-22-19(23)11-12-20(22)24)15-25(17-7-3-1-4-8-17)18-9-5-2-6-10-18/h1-10,16,25H,11-15,21H2. The van der Waals surface area contributed by atoms with E-state index in [9.17, 15) is 9.59 Å². The Hall–Kier alpha value is -2.24. The molecule has 1 unspecified atom stereocenters. The molecule has 5 heteroatoms. The minimum Gasteiger partial charge on any atom is -0.328 e. The summed E-state index contributed by atoms with van der Waals surface area (Å²) in [6.45, 7) is 0.448. The number of benzene rings is 2. The number of carbonyl (C=O) groups excluding carboxylic acids is 2. The van der Waals surface area contributed by atoms with E-state index < -0.39 is 8.80 Å². The molecule has 2 aromatic carbocycles. The molecule has 1 saturated heterocycles. The van der Waals surface area contributed by atoms with Gasteiger partial charge in [-0.15, -0.1) is 0 Å². The second-order valence-corrected chi connectivity index (χ2v) is 9.51. The molecule has 1 aliphatic rings. The van der Waals surface area contributed by atoms with Crippen LogP contribution < -0.4 is 16.1 Å². The van der Waals surface area contributed by atoms with Gasteiger partial charge in [0.2, 0.25) is 11.8 Å². The molecule has 0 aliphatic carbocycles. The minimum absolute atomic E-state index is 0.0155. The van der Waals surface area contributed by atoms with Gasteiger partial charge in [-0.2, -0.15) is 0 Å². The van der Waals surface area contributed by atoms with Crippen LogP contribution in [0.4, 0.5) is 0 Å². The van der Waals surface area contributed by atoms with Gasteiger partial charge < -0.3 is 5.73 Å². The van der Waals surface area contributed by atoms with E-state index in [1.54, 1.807) is 0 Å². The Morgan fingerprint density at radius 2 is 1.36 bits per heavy atom. The van der Waals surface area contributed by atoms with Crippen LogP contribution in [0, 0.1) is 0 Å². The van der Waals surface area contributed by atoms with Gasteiger partial charge in [0.25, 0.3) is 0 Å². The molecule has 4 nitrogen and oxygen atoms in total. The first kappa shape index (κ1) is 17.6. The van der Waals surface area contributed by atoms with Crippen molar-refractivity contribution in [3.05, 3.63) is 60.7 Å². The lowest BCUT2D eigenvalue weighted by Crippen LogP contribution is -2.46. The van der Waals surface area contributed by atoms with Crippen LogP contribution in [0.25, 0.3) is 0 Å². The first-order valence-electron chi connectivity index (χ1n) is 8.84. The lowest BCUT2D eigenvalue weighted by atomic mass is 10.2. The van der Waals surface area contributed by atoms with Crippen LogP contribution in [-0.4, -0.2) is 38.1 Å². The van der Waals surface area contributed by atoms with E-state index in [1.807, 2.05) is 12.1 Å². The fourth-order valence-electron chi connectivity index (χ4n) is 3.42. The largest absolute Gasteiger partial charge is 0.328 e. The fraction of sp³-hybridized carbons (Fsp3) is 0.300. The van der Waals surface area contributed by atoms with Gasteiger partial charge in [-0.05, 0) is 12.5 Å². The van der Waals surface area contributed by atoms with Crippen molar-refractivity contribution in [2.45, 2.75) is 31.3 Å². The Balaban J connectivity index is 1.68. The summed E-state index contributed by atoms with van der Waals surface area (Å²) < 4.78 is 0. The Morgan fingerprint density at radius 1 is 0.880 bits per heavy atom. The van der Waals surface area contributed by atoms with Crippen molar-refractivity contribution in [2.24, 2.45) is 5.73 Å². The zero-order valence-corrected chi connectivity index (χ0v) is 15.5. The van der Waals surface area contributed by atoms with Crippen LogP contribution in [0.1, 0.15) is 19.3 Å². The van der Waals surface area contributed by atoms with Gasteiger partial charge in [-0.3, -0.25) is 14.5 Å². The summed E-state index contributed by atoms with van der Waals surface area (Å²) in [5.41, 5.74) is 6.40. The zero-order chi connectivity index (χ0) is 17.6. The van der Waals surface area contributed by atoms with Crippen molar-refractivity contribution in [2.75, 3.05) is 6.54 Å². The van der Waals surface area contributed by atoms with E-state index in [0.717, 1.165) is 6.04 Å². The van der Waals surface area contributed by atoms with Crippen molar-refractivity contribution < 1.29 is 9.59 Å². The van der Waals surface area contributed by atoms with Crippen molar-refractivity contribution in [1.82, 2.24) is 4.90 Å². The third-order valence-corrected chi connectivity index (χ3v) is 8.28. The number of imide groups is 1. The SMILES string of the molecule is NC(CCN1C(=O)CCC1=O)C[SiH](c1ccccc1)c1ccccc1. The van der Waals surface area contributed by atoms with Gasteiger partial charge in [-0.25, -0.2) is 0 Å². The van der Waals surface area contributed by atoms with Gasteiger partial charge in [0.05, 0.1) is 0 Å². The van der Waals surface area contributed by atoms with E-state index >= 15 is 0 Å². The summed E-state index contributed by atoms with van der Waals surface area (Å²) in [5.74, 6) is -0.116. The van der Waals surface area contributed by atoms with Gasteiger partial charge in [0.1, 0.15) is 8.80 Å². The summed E-state index contributed by atoms with van der Waals surface area (Å²) in [6.07, 6.45) is 1.36. The Labute approximate surface area is 150 Å². The second kappa shape index (κ2) is 8.23. The average molecular weight is 353 g/mol. The van der Waals surface area contributed by atoms with Gasteiger partial charge in [0, 0.05) is 25.4 Å². The Kier molecular flexibility index (Phi) is 5.78. The summed E-state index contributed by atoms with van der Waals surface area (Å²) in [6, 6.07) is 22.0. The number of rotatable bonds is 7. The normalized spacial score (nSPS) is 15.8. The lowest BCUT2D eigenvalue weighted by Gasteiger charge is -2.22. The van der Waals surface area contributed by atoms with Gasteiger partial charge in [-0.1, -0.05) is 71.0 Å². The van der Waals surface area contributed by atoms with Crippen LogP contribution in [0.3, 0.4) is 0 Å². The quantitative estimate of drug-likeness (QED) is 0.595. The molecule has 2 N–H and O–H groups in total. The van der Waals surface area contributed by atoms with E-state index in [0.29, 0.717) is 25.8 Å². The summed E-state index contributed by atoms with van der Waals surface area (Å²) in [5, 5.41) is 2.75. The van der Waals surface area contributed by atoms with Crippen LogP contribution >= 0.6 is 0 Å². The predicted octanol–water partition coefficient (Wildman–Crippen LogP) is 0.894. The van der Waals surface area contributed by atoms with E-state index in [-0.39, 0.29) is 17.9 Å². The summed E-state index contributed by atoms with van der Waals surface area (Å²) in [7, 11) is -1.42. The number of nitrogens with zero attached hydrogens (tertiary/aromatic N) is 1. The van der Waals surface area contributed by atoms with Crippen LogP contribution in [0.5, 0.6) is 0 Å². The molecule has 0 bridgehead atoms. The molecule has 1 heterocycles. The maximum absolute atomic E-state index is 11.7. The van der Waals surface area contributed by atoms with Gasteiger partial charge in [0.15, 0.2) is 0 Å². The Bertz CT molecular complexity index is 665. The molecule has 0 spiro atoms. The van der Waals surface area contributed by atoms with Crippen molar-refractivity contribution >= 4 is 31.0 Å². The number of hydrogen-bond acceptors (Lipinski definition) is 3. The lowest BCUT2D eigenvalue weighted by molar-refractivity contribution is -0.138. The molecule has 1 aliphatic heterocycles. The predicted molar refractivity (Wildman–Crippen MR) is 103 cm³/mol. The highest BCUT2D eigenvalue weighted by Crippen LogP contribution is 2.13. The molecular weight excluding hydrogens is 328 g/mol. The van der Waals surface area contributed by atoms with Crippen molar-refractivity contribution in [3.63, 3.8) is 0 Å². The second-order valence-electron chi connectivity index (χ2n) is 6.60. The summed E-state index contributed by atoms with van der Waals surface area (Å²) >= 11 is 0. The van der Waals surface area contributed by atoms with E-state index in [2.05, 4.69) is 48.5 Å². The molecular formula is C20H24N2O2Si. The molecule has 1 fully saturated rings. The molecule has 0 saturated carbocycles. The first-order chi connectivity index (χ1) is 12.1. The average Bonchev–Trinajstić information content (AvgIpc) is 2.97. The number of nitrogens with two attached hydrogens (primary N) is 1. The number of amides is 2. The molecule has 0 aromatic heterocycles. The molecule has 130 valence electrons. The number of likely N-dealkylation sites (tertiary alicyclic amines) is 1. The van der Waals surface area contributed by atoms with Crippen LogP contribution in [0.15, 0.2) is 60.7 Å². The fourth-order valence-corrected chi connectivity index (χ4v) is 6.57. The molecule has 1 atom stereocenters. The maximum Gasteiger partial charge on any atom is 0.229 e.